The molecule has 0 spiro atoms. The number of hydrogen-bond acceptors (Lipinski definition) is 4. The molecule has 2 aliphatic rings. The molecule has 0 aliphatic carbocycles. The lowest BCUT2D eigenvalue weighted by Crippen LogP contribution is -2.57. The zero-order chi connectivity index (χ0) is 22.2. The van der Waals surface area contributed by atoms with Gasteiger partial charge in [0.25, 0.3) is 11.8 Å². The van der Waals surface area contributed by atoms with Gasteiger partial charge in [-0.15, -0.1) is 13.2 Å². The first-order valence-electron chi connectivity index (χ1n) is 10.2. The van der Waals surface area contributed by atoms with Crippen LogP contribution in [0.25, 0.3) is 0 Å². The SMILES string of the molecule is CCN1c2cc(C(=O)Nc3cccc(OC(F)(F)F)c3)ccc2C(=O)N2CCCC[C@H]21. The summed E-state index contributed by atoms with van der Waals surface area (Å²) in [6.07, 6.45) is -1.94. The van der Waals surface area contributed by atoms with Crippen LogP contribution >= 0.6 is 0 Å². The summed E-state index contributed by atoms with van der Waals surface area (Å²) in [6, 6.07) is 9.96. The van der Waals surface area contributed by atoms with E-state index in [1.165, 1.54) is 12.1 Å². The third kappa shape index (κ3) is 4.30. The van der Waals surface area contributed by atoms with Gasteiger partial charge in [0.1, 0.15) is 11.9 Å². The van der Waals surface area contributed by atoms with E-state index in [0.29, 0.717) is 23.4 Å². The van der Waals surface area contributed by atoms with Crippen molar-refractivity contribution in [3.05, 3.63) is 53.6 Å². The Hall–Kier alpha value is -3.23. The molecular formula is C22H22F3N3O3. The summed E-state index contributed by atoms with van der Waals surface area (Å²) < 4.78 is 41.2. The normalized spacial score (nSPS) is 18.3. The Kier molecular flexibility index (Phi) is 5.51. The van der Waals surface area contributed by atoms with E-state index in [4.69, 9.17) is 0 Å². The van der Waals surface area contributed by atoms with E-state index in [9.17, 15) is 22.8 Å². The Balaban J connectivity index is 1.58. The molecule has 2 aromatic rings. The Morgan fingerprint density at radius 1 is 1.19 bits per heavy atom. The van der Waals surface area contributed by atoms with Crippen molar-refractivity contribution in [1.82, 2.24) is 4.90 Å². The smallest absolute Gasteiger partial charge is 0.406 e. The average molecular weight is 433 g/mol. The highest BCUT2D eigenvalue weighted by atomic mass is 19.4. The molecule has 1 N–H and O–H groups in total. The zero-order valence-electron chi connectivity index (χ0n) is 16.9. The first-order chi connectivity index (χ1) is 14.8. The van der Waals surface area contributed by atoms with Gasteiger partial charge in [-0.25, -0.2) is 0 Å². The second kappa shape index (κ2) is 8.13. The monoisotopic (exact) mass is 433 g/mol. The second-order valence-corrected chi connectivity index (χ2v) is 7.52. The van der Waals surface area contributed by atoms with Crippen molar-refractivity contribution in [3.63, 3.8) is 0 Å². The summed E-state index contributed by atoms with van der Waals surface area (Å²) in [5.74, 6) is -0.939. The van der Waals surface area contributed by atoms with E-state index in [0.717, 1.165) is 37.9 Å². The van der Waals surface area contributed by atoms with Crippen molar-refractivity contribution in [2.45, 2.75) is 38.7 Å². The molecule has 6 nitrogen and oxygen atoms in total. The average Bonchev–Trinajstić information content (AvgIpc) is 2.73. The molecule has 4 rings (SSSR count). The van der Waals surface area contributed by atoms with Crippen LogP contribution in [0.3, 0.4) is 0 Å². The Labute approximate surface area is 177 Å². The predicted octanol–water partition coefficient (Wildman–Crippen LogP) is 4.63. The van der Waals surface area contributed by atoms with Crippen molar-refractivity contribution in [2.75, 3.05) is 23.3 Å². The molecule has 0 aromatic heterocycles. The van der Waals surface area contributed by atoms with Crippen molar-refractivity contribution in [2.24, 2.45) is 0 Å². The quantitative estimate of drug-likeness (QED) is 0.764. The van der Waals surface area contributed by atoms with Gasteiger partial charge in [0, 0.05) is 30.4 Å². The van der Waals surface area contributed by atoms with Crippen LogP contribution in [0, 0.1) is 0 Å². The Morgan fingerprint density at radius 2 is 2.00 bits per heavy atom. The lowest BCUT2D eigenvalue weighted by Gasteiger charge is -2.47. The summed E-state index contributed by atoms with van der Waals surface area (Å²) in [5, 5.41) is 2.59. The fourth-order valence-corrected chi connectivity index (χ4v) is 4.24. The van der Waals surface area contributed by atoms with Crippen molar-refractivity contribution in [3.8, 4) is 5.75 Å². The molecule has 0 unspecified atom stereocenters. The summed E-state index contributed by atoms with van der Waals surface area (Å²) in [5.41, 5.74) is 1.75. The molecule has 1 saturated heterocycles. The number of amides is 2. The van der Waals surface area contributed by atoms with Crippen molar-refractivity contribution in [1.29, 1.82) is 0 Å². The maximum atomic E-state index is 12.9. The van der Waals surface area contributed by atoms with E-state index in [1.54, 1.807) is 18.2 Å². The zero-order valence-corrected chi connectivity index (χ0v) is 16.9. The molecule has 0 saturated carbocycles. The highest BCUT2D eigenvalue weighted by Gasteiger charge is 2.38. The van der Waals surface area contributed by atoms with Gasteiger partial charge in [-0.05, 0) is 56.5 Å². The Morgan fingerprint density at radius 3 is 2.74 bits per heavy atom. The van der Waals surface area contributed by atoms with Gasteiger partial charge in [-0.2, -0.15) is 0 Å². The van der Waals surface area contributed by atoms with Gasteiger partial charge in [0.15, 0.2) is 0 Å². The second-order valence-electron chi connectivity index (χ2n) is 7.52. The summed E-state index contributed by atoms with van der Waals surface area (Å²) in [6.45, 7) is 3.41. The number of piperidine rings is 1. The number of carbonyl (C=O) groups excluding carboxylic acids is 2. The fraction of sp³-hybridized carbons (Fsp3) is 0.364. The number of nitrogens with zero attached hydrogens (tertiary/aromatic N) is 2. The molecule has 31 heavy (non-hydrogen) atoms. The lowest BCUT2D eigenvalue weighted by atomic mass is 9.97. The van der Waals surface area contributed by atoms with Crippen LogP contribution in [-0.2, 0) is 0 Å². The van der Waals surface area contributed by atoms with Crippen LogP contribution in [0.4, 0.5) is 24.5 Å². The number of alkyl halides is 3. The van der Waals surface area contributed by atoms with E-state index in [2.05, 4.69) is 15.0 Å². The van der Waals surface area contributed by atoms with E-state index >= 15 is 0 Å². The van der Waals surface area contributed by atoms with Gasteiger partial charge in [0.2, 0.25) is 0 Å². The number of halogens is 3. The summed E-state index contributed by atoms with van der Waals surface area (Å²) >= 11 is 0. The number of hydrogen-bond donors (Lipinski definition) is 1. The van der Waals surface area contributed by atoms with Crippen LogP contribution in [0.1, 0.15) is 46.9 Å². The molecule has 0 bridgehead atoms. The molecular weight excluding hydrogens is 411 g/mol. The van der Waals surface area contributed by atoms with Crippen LogP contribution in [0.5, 0.6) is 5.75 Å². The number of fused-ring (bicyclic) bond motifs is 2. The lowest BCUT2D eigenvalue weighted by molar-refractivity contribution is -0.274. The fourth-order valence-electron chi connectivity index (χ4n) is 4.24. The third-order valence-electron chi connectivity index (χ3n) is 5.56. The number of rotatable bonds is 4. The van der Waals surface area contributed by atoms with Gasteiger partial charge in [-0.3, -0.25) is 9.59 Å². The maximum absolute atomic E-state index is 12.9. The Bertz CT molecular complexity index is 1010. The van der Waals surface area contributed by atoms with E-state index < -0.39 is 18.0 Å². The first-order valence-corrected chi connectivity index (χ1v) is 10.2. The standard InChI is InChI=1S/C22H22F3N3O3/c1-2-27-18-12-14(9-10-17(18)21(30)28-11-4-3-8-19(27)28)20(29)26-15-6-5-7-16(13-15)31-22(23,24)25/h5-7,9-10,12-13,19H,2-4,8,11H2,1H3,(H,26,29)/t19-/m0/s1. The topological polar surface area (TPSA) is 61.9 Å². The number of nitrogens with one attached hydrogen (secondary N) is 1. The molecule has 2 aromatic carbocycles. The summed E-state index contributed by atoms with van der Waals surface area (Å²) in [7, 11) is 0. The van der Waals surface area contributed by atoms with Crippen LogP contribution in [-0.4, -0.2) is 42.3 Å². The number of anilines is 2. The molecule has 9 heteroatoms. The van der Waals surface area contributed by atoms with Crippen LogP contribution in [0.2, 0.25) is 0 Å². The largest absolute Gasteiger partial charge is 0.573 e. The first kappa shape index (κ1) is 21.0. The minimum absolute atomic E-state index is 0.0201. The summed E-state index contributed by atoms with van der Waals surface area (Å²) in [4.78, 5) is 29.7. The highest BCUT2D eigenvalue weighted by Crippen LogP contribution is 2.36. The van der Waals surface area contributed by atoms with Gasteiger partial charge in [0.05, 0.1) is 11.3 Å². The van der Waals surface area contributed by atoms with Crippen molar-refractivity contribution < 1.29 is 27.5 Å². The highest BCUT2D eigenvalue weighted by molar-refractivity contribution is 6.08. The predicted molar refractivity (Wildman–Crippen MR) is 109 cm³/mol. The number of benzene rings is 2. The van der Waals surface area contributed by atoms with Crippen LogP contribution < -0.4 is 15.0 Å². The number of carbonyl (C=O) groups is 2. The minimum atomic E-state index is -4.82. The van der Waals surface area contributed by atoms with Crippen molar-refractivity contribution >= 4 is 23.2 Å². The molecule has 1 atom stereocenters. The molecule has 2 heterocycles. The maximum Gasteiger partial charge on any atom is 0.573 e. The third-order valence-corrected chi connectivity index (χ3v) is 5.56. The van der Waals surface area contributed by atoms with E-state index in [1.807, 2.05) is 11.8 Å². The number of ether oxygens (including phenoxy) is 1. The molecule has 1 fully saturated rings. The molecule has 2 amide bonds. The van der Waals surface area contributed by atoms with Gasteiger partial charge < -0.3 is 19.9 Å². The van der Waals surface area contributed by atoms with E-state index in [-0.39, 0.29) is 17.8 Å². The molecule has 0 radical (unpaired) electrons. The van der Waals surface area contributed by atoms with Crippen LogP contribution in [0.15, 0.2) is 42.5 Å². The molecule has 2 aliphatic heterocycles. The minimum Gasteiger partial charge on any atom is -0.406 e. The van der Waals surface area contributed by atoms with Gasteiger partial charge >= 0.3 is 6.36 Å². The molecule has 164 valence electrons. The van der Waals surface area contributed by atoms with Gasteiger partial charge in [-0.1, -0.05) is 6.07 Å².